The molecule has 154 valence electrons. The van der Waals surface area contributed by atoms with E-state index in [9.17, 15) is 9.90 Å². The van der Waals surface area contributed by atoms with Crippen molar-refractivity contribution >= 4 is 35.0 Å². The van der Waals surface area contributed by atoms with E-state index >= 15 is 0 Å². The van der Waals surface area contributed by atoms with Crippen LogP contribution in [-0.2, 0) is 4.79 Å². The number of ether oxygens (including phenoxy) is 1. The third-order valence-electron chi connectivity index (χ3n) is 4.86. The van der Waals surface area contributed by atoms with Gasteiger partial charge in [0.15, 0.2) is 0 Å². The molecule has 0 bridgehead atoms. The number of aliphatic hydroxyl groups excluding tert-OH is 1. The van der Waals surface area contributed by atoms with Crippen LogP contribution in [0.3, 0.4) is 0 Å². The van der Waals surface area contributed by atoms with Crippen LogP contribution in [0.5, 0.6) is 5.75 Å². The molecular weight excluding hydrogens is 408 g/mol. The number of anilines is 1. The van der Waals surface area contributed by atoms with Gasteiger partial charge in [0.25, 0.3) is 5.91 Å². The lowest BCUT2D eigenvalue weighted by Gasteiger charge is -2.27. The van der Waals surface area contributed by atoms with Gasteiger partial charge in [-0.1, -0.05) is 29.8 Å². The second-order valence-corrected chi connectivity index (χ2v) is 8.53. The highest BCUT2D eigenvalue weighted by Gasteiger charge is 2.37. The Hall–Kier alpha value is -1.99. The first kappa shape index (κ1) is 21.7. The Balaban J connectivity index is 1.95. The van der Waals surface area contributed by atoms with Crippen LogP contribution in [-0.4, -0.2) is 55.8 Å². The maximum Gasteiger partial charge on any atom is 0.257 e. The lowest BCUT2D eigenvalue weighted by molar-refractivity contribution is -0.126. The van der Waals surface area contributed by atoms with Crippen LogP contribution in [0.15, 0.2) is 60.0 Å². The Kier molecular flexibility index (Phi) is 7.24. The number of halogens is 1. The van der Waals surface area contributed by atoms with E-state index in [1.165, 1.54) is 11.8 Å². The van der Waals surface area contributed by atoms with Crippen molar-refractivity contribution in [3.8, 4) is 5.75 Å². The van der Waals surface area contributed by atoms with Gasteiger partial charge in [0, 0.05) is 29.6 Å². The SMILES string of the molecule is C=CCN(C)CCN1C(=O)[C@H](O)[C@H](c2ccc(OC)cc2)Sc2cc(Cl)ccc21. The van der Waals surface area contributed by atoms with Crippen LogP contribution >= 0.6 is 23.4 Å². The number of amides is 1. The number of likely N-dealkylation sites (N-methyl/N-ethyl adjacent to an activating group) is 1. The third kappa shape index (κ3) is 4.95. The second kappa shape index (κ2) is 9.67. The van der Waals surface area contributed by atoms with Gasteiger partial charge in [-0.25, -0.2) is 0 Å². The van der Waals surface area contributed by atoms with Crippen LogP contribution in [0, 0.1) is 0 Å². The van der Waals surface area contributed by atoms with E-state index in [0.29, 0.717) is 18.1 Å². The van der Waals surface area contributed by atoms with Crippen LogP contribution in [0.25, 0.3) is 0 Å². The van der Waals surface area contributed by atoms with Gasteiger partial charge in [0.05, 0.1) is 18.0 Å². The Labute approximate surface area is 180 Å². The average molecular weight is 433 g/mol. The predicted octanol–water partition coefficient (Wildman–Crippen LogP) is 4.01. The smallest absolute Gasteiger partial charge is 0.257 e. The molecule has 0 saturated carbocycles. The molecule has 0 unspecified atom stereocenters. The Morgan fingerprint density at radius 2 is 2.03 bits per heavy atom. The van der Waals surface area contributed by atoms with Crippen LogP contribution in [0.4, 0.5) is 5.69 Å². The molecule has 0 fully saturated rings. The summed E-state index contributed by atoms with van der Waals surface area (Å²) in [6.07, 6.45) is 0.645. The molecule has 29 heavy (non-hydrogen) atoms. The first-order valence-corrected chi connectivity index (χ1v) is 10.6. The number of nitrogens with zero attached hydrogens (tertiary/aromatic N) is 2. The molecule has 2 atom stereocenters. The quantitative estimate of drug-likeness (QED) is 0.670. The molecule has 0 aromatic heterocycles. The molecule has 1 N–H and O–H groups in total. The highest BCUT2D eigenvalue weighted by molar-refractivity contribution is 7.99. The minimum Gasteiger partial charge on any atom is -0.497 e. The summed E-state index contributed by atoms with van der Waals surface area (Å²) in [7, 11) is 3.57. The zero-order chi connectivity index (χ0) is 21.0. The second-order valence-electron chi connectivity index (χ2n) is 6.91. The summed E-state index contributed by atoms with van der Waals surface area (Å²) in [4.78, 5) is 17.8. The Morgan fingerprint density at radius 3 is 2.69 bits per heavy atom. The topological polar surface area (TPSA) is 53.0 Å². The summed E-state index contributed by atoms with van der Waals surface area (Å²) < 4.78 is 5.22. The number of benzene rings is 2. The number of hydrogen-bond acceptors (Lipinski definition) is 5. The number of rotatable bonds is 7. The van der Waals surface area contributed by atoms with E-state index in [1.807, 2.05) is 49.5 Å². The molecular formula is C22H25ClN2O3S. The van der Waals surface area contributed by atoms with Crippen molar-refractivity contribution in [3.63, 3.8) is 0 Å². The van der Waals surface area contributed by atoms with E-state index in [0.717, 1.165) is 28.4 Å². The van der Waals surface area contributed by atoms with Crippen molar-refractivity contribution < 1.29 is 14.6 Å². The first-order valence-electron chi connectivity index (χ1n) is 9.33. The fourth-order valence-corrected chi connectivity index (χ4v) is 4.81. The van der Waals surface area contributed by atoms with Crippen LogP contribution < -0.4 is 9.64 Å². The van der Waals surface area contributed by atoms with Gasteiger partial charge in [0.2, 0.25) is 0 Å². The lowest BCUT2D eigenvalue weighted by atomic mass is 10.1. The molecule has 1 heterocycles. The summed E-state index contributed by atoms with van der Waals surface area (Å²) in [5, 5.41) is 11.1. The molecule has 1 amide bonds. The molecule has 0 radical (unpaired) electrons. The predicted molar refractivity (Wildman–Crippen MR) is 119 cm³/mol. The molecule has 5 nitrogen and oxygen atoms in total. The molecule has 0 spiro atoms. The van der Waals surface area contributed by atoms with E-state index in [4.69, 9.17) is 16.3 Å². The van der Waals surface area contributed by atoms with Crippen LogP contribution in [0.2, 0.25) is 5.02 Å². The van der Waals surface area contributed by atoms with E-state index < -0.39 is 11.4 Å². The zero-order valence-electron chi connectivity index (χ0n) is 16.5. The average Bonchev–Trinajstić information content (AvgIpc) is 2.82. The minimum absolute atomic E-state index is 0.314. The fourth-order valence-electron chi connectivity index (χ4n) is 3.27. The number of thioether (sulfide) groups is 1. The fraction of sp³-hybridized carbons (Fsp3) is 0.318. The van der Waals surface area contributed by atoms with Gasteiger partial charge >= 0.3 is 0 Å². The molecule has 0 aliphatic carbocycles. The van der Waals surface area contributed by atoms with Crippen molar-refractivity contribution in [2.45, 2.75) is 16.2 Å². The summed E-state index contributed by atoms with van der Waals surface area (Å²) in [6, 6.07) is 12.9. The maximum absolute atomic E-state index is 13.2. The van der Waals surface area contributed by atoms with Crippen molar-refractivity contribution in [2.75, 3.05) is 38.7 Å². The van der Waals surface area contributed by atoms with Crippen molar-refractivity contribution in [2.24, 2.45) is 0 Å². The van der Waals surface area contributed by atoms with Crippen molar-refractivity contribution in [1.29, 1.82) is 0 Å². The molecule has 0 saturated heterocycles. The number of hydrogen-bond donors (Lipinski definition) is 1. The van der Waals surface area contributed by atoms with Gasteiger partial charge in [-0.3, -0.25) is 4.79 Å². The highest BCUT2D eigenvalue weighted by Crippen LogP contribution is 2.46. The monoisotopic (exact) mass is 432 g/mol. The third-order valence-corrected chi connectivity index (χ3v) is 6.46. The first-order chi connectivity index (χ1) is 13.9. The molecule has 1 aliphatic rings. The van der Waals surface area contributed by atoms with E-state index in [2.05, 4.69) is 11.5 Å². The van der Waals surface area contributed by atoms with Crippen molar-refractivity contribution in [1.82, 2.24) is 4.90 Å². The maximum atomic E-state index is 13.2. The van der Waals surface area contributed by atoms with Gasteiger partial charge in [-0.2, -0.15) is 0 Å². The van der Waals surface area contributed by atoms with Crippen LogP contribution in [0.1, 0.15) is 10.8 Å². The standard InChI is InChI=1S/C22H25ClN2O3S/c1-4-11-24(2)12-13-25-18-10-7-16(23)14-19(18)29-21(20(26)22(25)27)15-5-8-17(28-3)9-6-15/h4-10,14,20-21,26H,1,11-13H2,2-3H3/t20-,21+/m1/s1. The highest BCUT2D eigenvalue weighted by atomic mass is 35.5. The molecule has 2 aromatic carbocycles. The minimum atomic E-state index is -1.18. The number of carbonyl (C=O) groups is 1. The number of carbonyl (C=O) groups excluding carboxylic acids is 1. The molecule has 2 aromatic rings. The Bertz CT molecular complexity index is 875. The summed E-state index contributed by atoms with van der Waals surface area (Å²) in [5.41, 5.74) is 1.62. The molecule has 1 aliphatic heterocycles. The van der Waals surface area contributed by atoms with Gasteiger partial charge in [-0.15, -0.1) is 18.3 Å². The van der Waals surface area contributed by atoms with Gasteiger partial charge < -0.3 is 19.6 Å². The number of aliphatic hydroxyl groups is 1. The largest absolute Gasteiger partial charge is 0.497 e. The summed E-state index contributed by atoms with van der Waals surface area (Å²) >= 11 is 7.69. The number of methoxy groups -OCH3 is 1. The van der Waals surface area contributed by atoms with Crippen molar-refractivity contribution in [3.05, 3.63) is 65.7 Å². The molecule has 7 heteroatoms. The normalized spacial score (nSPS) is 19.1. The molecule has 3 rings (SSSR count). The number of fused-ring (bicyclic) bond motifs is 1. The van der Waals surface area contributed by atoms with E-state index in [1.54, 1.807) is 18.1 Å². The lowest BCUT2D eigenvalue weighted by Crippen LogP contribution is -2.43. The zero-order valence-corrected chi connectivity index (χ0v) is 18.1. The Morgan fingerprint density at radius 1 is 1.31 bits per heavy atom. The summed E-state index contributed by atoms with van der Waals surface area (Å²) in [6.45, 7) is 5.59. The van der Waals surface area contributed by atoms with Gasteiger partial charge in [0.1, 0.15) is 11.9 Å². The summed E-state index contributed by atoms with van der Waals surface area (Å²) in [5.74, 6) is 0.412. The van der Waals surface area contributed by atoms with Gasteiger partial charge in [-0.05, 0) is 42.9 Å². The van der Waals surface area contributed by atoms with E-state index in [-0.39, 0.29) is 5.91 Å².